The predicted molar refractivity (Wildman–Crippen MR) is 104 cm³/mol. The van der Waals surface area contributed by atoms with E-state index in [9.17, 15) is 14.7 Å². The normalized spacial score (nSPS) is 20.3. The van der Waals surface area contributed by atoms with Crippen LogP contribution in [-0.4, -0.2) is 28.6 Å². The first-order valence-corrected chi connectivity index (χ1v) is 10.2. The average molecular weight is 404 g/mol. The molecular weight excluding hydrogens is 376 g/mol. The number of ether oxygens (including phenoxy) is 1. The number of carbonyl (C=O) groups is 2. The fourth-order valence-corrected chi connectivity index (χ4v) is 3.83. The third kappa shape index (κ3) is 5.36. The summed E-state index contributed by atoms with van der Waals surface area (Å²) in [5.41, 5.74) is 0.715. The zero-order valence-electron chi connectivity index (χ0n) is 16.6. The third-order valence-corrected chi connectivity index (χ3v) is 5.44. The van der Waals surface area contributed by atoms with Gasteiger partial charge in [0.25, 0.3) is 0 Å². The Hall–Kier alpha value is -2.38. The summed E-state index contributed by atoms with van der Waals surface area (Å²) in [4.78, 5) is 23.3. The topological polar surface area (TPSA) is 110 Å². The highest BCUT2D eigenvalue weighted by molar-refractivity contribution is 5.87. The summed E-state index contributed by atoms with van der Waals surface area (Å²) in [6.07, 6.45) is 5.95. The summed E-state index contributed by atoms with van der Waals surface area (Å²) < 4.78 is 16.5. The van der Waals surface area contributed by atoms with E-state index in [-0.39, 0.29) is 30.0 Å². The molecule has 1 saturated carbocycles. The van der Waals surface area contributed by atoms with E-state index in [0.717, 1.165) is 19.3 Å². The van der Waals surface area contributed by atoms with Gasteiger partial charge in [0.15, 0.2) is 0 Å². The molecule has 158 valence electrons. The Kier molecular flexibility index (Phi) is 7.28. The average Bonchev–Trinajstić information content (AvgIpc) is 3.42. The van der Waals surface area contributed by atoms with Gasteiger partial charge in [-0.15, -0.1) is 0 Å². The van der Waals surface area contributed by atoms with Crippen LogP contribution in [0.25, 0.3) is 0 Å². The van der Waals surface area contributed by atoms with Gasteiger partial charge in [0, 0.05) is 12.0 Å². The number of carboxylic acid groups (broad SMARTS) is 1. The zero-order chi connectivity index (χ0) is 20.8. The van der Waals surface area contributed by atoms with Crippen molar-refractivity contribution in [2.75, 3.05) is 6.61 Å². The minimum Gasteiger partial charge on any atom is -0.475 e. The second kappa shape index (κ2) is 9.89. The Bertz CT molecular complexity index is 819. The molecule has 0 saturated heterocycles. The van der Waals surface area contributed by atoms with Crippen LogP contribution in [0, 0.1) is 5.92 Å². The van der Waals surface area contributed by atoms with Gasteiger partial charge in [-0.3, -0.25) is 4.79 Å². The zero-order valence-corrected chi connectivity index (χ0v) is 16.6. The predicted octanol–water partition coefficient (Wildman–Crippen LogP) is 4.46. The van der Waals surface area contributed by atoms with Crippen LogP contribution in [0.4, 0.5) is 0 Å². The number of Topliss-reactive ketones (excluding diaryl/α,β-unsaturated/α-hetero) is 1. The van der Waals surface area contributed by atoms with Crippen molar-refractivity contribution in [3.63, 3.8) is 0 Å². The van der Waals surface area contributed by atoms with Gasteiger partial charge in [0.1, 0.15) is 23.9 Å². The van der Waals surface area contributed by atoms with E-state index in [1.165, 1.54) is 6.07 Å². The molecule has 2 heterocycles. The molecular formula is C22H28O7. The van der Waals surface area contributed by atoms with Crippen molar-refractivity contribution in [2.24, 2.45) is 5.92 Å². The van der Waals surface area contributed by atoms with Crippen molar-refractivity contribution < 1.29 is 33.4 Å². The second-order valence-electron chi connectivity index (χ2n) is 7.62. The number of aromatic carboxylic acids is 1. The maximum atomic E-state index is 12.4. The summed E-state index contributed by atoms with van der Waals surface area (Å²) in [6.45, 7) is 2.60. The molecule has 0 spiro atoms. The molecule has 29 heavy (non-hydrogen) atoms. The van der Waals surface area contributed by atoms with Crippen LogP contribution in [0.5, 0.6) is 0 Å². The van der Waals surface area contributed by atoms with Crippen molar-refractivity contribution in [1.29, 1.82) is 0 Å². The fourth-order valence-electron chi connectivity index (χ4n) is 3.83. The highest BCUT2D eigenvalue weighted by atomic mass is 16.5. The van der Waals surface area contributed by atoms with Crippen molar-refractivity contribution in [2.45, 2.75) is 64.1 Å². The van der Waals surface area contributed by atoms with Crippen molar-refractivity contribution in [1.82, 2.24) is 0 Å². The number of furan rings is 2. The SMILES string of the molecule is CCCCCC(O)c1coc(C2C(=O)CCC2COCc2ccc(C(=O)O)o2)c1. The van der Waals surface area contributed by atoms with Crippen molar-refractivity contribution >= 4 is 11.8 Å². The number of hydrogen-bond donors (Lipinski definition) is 2. The quantitative estimate of drug-likeness (QED) is 0.532. The Balaban J connectivity index is 1.56. The highest BCUT2D eigenvalue weighted by Crippen LogP contribution is 2.39. The number of carboxylic acids is 1. The summed E-state index contributed by atoms with van der Waals surface area (Å²) in [7, 11) is 0. The molecule has 1 aliphatic rings. The van der Waals surface area contributed by atoms with Crippen LogP contribution in [0.1, 0.15) is 85.1 Å². The summed E-state index contributed by atoms with van der Waals surface area (Å²) in [6, 6.07) is 4.75. The van der Waals surface area contributed by atoms with Crippen molar-refractivity contribution in [3.05, 3.63) is 47.3 Å². The smallest absolute Gasteiger partial charge is 0.371 e. The number of rotatable bonds is 11. The first kappa shape index (κ1) is 21.3. The van der Waals surface area contributed by atoms with E-state index in [0.29, 0.717) is 43.0 Å². The first-order chi connectivity index (χ1) is 14.0. The van der Waals surface area contributed by atoms with Crippen LogP contribution in [0.2, 0.25) is 0 Å². The standard InChI is InChI=1S/C22H28O7/c1-2-3-4-5-17(23)15-10-20(28-12-15)21-14(6-8-18(21)24)11-27-13-16-7-9-19(29-16)22(25)26/h7,9-10,12,14,17,21,23H,2-6,8,11,13H2,1H3,(H,25,26). The number of ketones is 1. The molecule has 1 fully saturated rings. The molecule has 3 unspecified atom stereocenters. The van der Waals surface area contributed by atoms with Gasteiger partial charge in [0.05, 0.1) is 24.9 Å². The first-order valence-electron chi connectivity index (χ1n) is 10.2. The maximum Gasteiger partial charge on any atom is 0.371 e. The van der Waals surface area contributed by atoms with E-state index in [1.807, 2.05) is 0 Å². The largest absolute Gasteiger partial charge is 0.475 e. The summed E-state index contributed by atoms with van der Waals surface area (Å²) >= 11 is 0. The number of hydrogen-bond acceptors (Lipinski definition) is 6. The van der Waals surface area contributed by atoms with Crippen molar-refractivity contribution in [3.8, 4) is 0 Å². The van der Waals surface area contributed by atoms with Gasteiger partial charge in [-0.25, -0.2) is 4.79 Å². The Morgan fingerprint density at radius 1 is 1.34 bits per heavy atom. The molecule has 2 N–H and O–H groups in total. The lowest BCUT2D eigenvalue weighted by Gasteiger charge is -2.16. The van der Waals surface area contributed by atoms with Gasteiger partial charge in [-0.05, 0) is 37.0 Å². The van der Waals surface area contributed by atoms with E-state index in [2.05, 4.69) is 6.92 Å². The van der Waals surface area contributed by atoms with Gasteiger partial charge in [-0.1, -0.05) is 26.2 Å². The lowest BCUT2D eigenvalue weighted by atomic mass is 9.93. The maximum absolute atomic E-state index is 12.4. The molecule has 1 aliphatic carbocycles. The van der Waals surface area contributed by atoms with E-state index in [4.69, 9.17) is 18.7 Å². The Labute approximate surface area is 169 Å². The molecule has 0 aromatic carbocycles. The number of unbranched alkanes of at least 4 members (excludes halogenated alkanes) is 2. The van der Waals surface area contributed by atoms with E-state index >= 15 is 0 Å². The minimum absolute atomic E-state index is 0.0207. The number of carbonyl (C=O) groups excluding carboxylic acids is 1. The van der Waals surface area contributed by atoms with E-state index in [1.54, 1.807) is 18.4 Å². The molecule has 2 aromatic rings. The molecule has 2 aromatic heterocycles. The Morgan fingerprint density at radius 3 is 2.90 bits per heavy atom. The molecule has 7 nitrogen and oxygen atoms in total. The third-order valence-electron chi connectivity index (χ3n) is 5.44. The van der Waals surface area contributed by atoms with Gasteiger partial charge >= 0.3 is 5.97 Å². The highest BCUT2D eigenvalue weighted by Gasteiger charge is 2.38. The van der Waals surface area contributed by atoms with Gasteiger partial charge < -0.3 is 23.8 Å². The molecule has 7 heteroatoms. The number of aliphatic hydroxyl groups excluding tert-OH is 1. The molecule has 3 rings (SSSR count). The summed E-state index contributed by atoms with van der Waals surface area (Å²) in [5.74, 6) is -0.520. The lowest BCUT2D eigenvalue weighted by molar-refractivity contribution is -0.119. The van der Waals surface area contributed by atoms with Gasteiger partial charge in [-0.2, -0.15) is 0 Å². The minimum atomic E-state index is -1.12. The van der Waals surface area contributed by atoms with Crippen LogP contribution < -0.4 is 0 Å². The second-order valence-corrected chi connectivity index (χ2v) is 7.62. The monoisotopic (exact) mass is 404 g/mol. The van der Waals surface area contributed by atoms with Crippen LogP contribution in [0.3, 0.4) is 0 Å². The fraction of sp³-hybridized carbons (Fsp3) is 0.545. The summed E-state index contributed by atoms with van der Waals surface area (Å²) in [5, 5.41) is 19.2. The Morgan fingerprint density at radius 2 is 2.17 bits per heavy atom. The number of aliphatic hydroxyl groups is 1. The molecule has 0 amide bonds. The van der Waals surface area contributed by atoms with E-state index < -0.39 is 12.1 Å². The molecule has 0 bridgehead atoms. The van der Waals surface area contributed by atoms with Crippen LogP contribution in [-0.2, 0) is 16.1 Å². The molecule has 0 radical (unpaired) electrons. The molecule has 3 atom stereocenters. The van der Waals surface area contributed by atoms with Gasteiger partial charge in [0.2, 0.25) is 5.76 Å². The lowest BCUT2D eigenvalue weighted by Crippen LogP contribution is -2.17. The molecule has 0 aliphatic heterocycles. The van der Waals surface area contributed by atoms with Crippen LogP contribution >= 0.6 is 0 Å². The van der Waals surface area contributed by atoms with Crippen LogP contribution in [0.15, 0.2) is 33.3 Å².